The number of allylic oxidation sites excluding steroid dienone is 1. The SMILES string of the molecule is OB1C=C(C2CC(NSc3ccc(F)cc3)C2)c2c(cnc3[nH]ccc23)O1. The second kappa shape index (κ2) is 6.71. The zero-order chi connectivity index (χ0) is 18.4. The van der Waals surface area contributed by atoms with Gasteiger partial charge in [0.25, 0.3) is 0 Å². The summed E-state index contributed by atoms with van der Waals surface area (Å²) in [5, 5.41) is 11.1. The van der Waals surface area contributed by atoms with E-state index < -0.39 is 7.12 Å². The Labute approximate surface area is 160 Å². The zero-order valence-electron chi connectivity index (χ0n) is 14.4. The Morgan fingerprint density at radius 2 is 2.07 bits per heavy atom. The number of aromatic amines is 1. The van der Waals surface area contributed by atoms with Crippen molar-refractivity contribution in [1.29, 1.82) is 0 Å². The molecule has 3 heterocycles. The number of halogens is 1. The first kappa shape index (κ1) is 16.9. The number of aromatic nitrogens is 2. The smallest absolute Gasteiger partial charge is 0.531 e. The number of hydrogen-bond acceptors (Lipinski definition) is 5. The van der Waals surface area contributed by atoms with E-state index in [9.17, 15) is 9.41 Å². The molecule has 3 N–H and O–H groups in total. The van der Waals surface area contributed by atoms with Crippen molar-refractivity contribution in [1.82, 2.24) is 14.7 Å². The summed E-state index contributed by atoms with van der Waals surface area (Å²) in [5.74, 6) is 2.57. The van der Waals surface area contributed by atoms with Gasteiger partial charge in [0.1, 0.15) is 17.2 Å². The molecule has 136 valence electrons. The Hall–Kier alpha value is -2.29. The van der Waals surface area contributed by atoms with Crippen molar-refractivity contribution in [3.63, 3.8) is 0 Å². The van der Waals surface area contributed by atoms with Gasteiger partial charge in [0.05, 0.1) is 6.20 Å². The molecule has 0 amide bonds. The summed E-state index contributed by atoms with van der Waals surface area (Å²) in [6.07, 6.45) is 5.48. The third-order valence-corrected chi connectivity index (χ3v) is 6.10. The predicted molar refractivity (Wildman–Crippen MR) is 105 cm³/mol. The van der Waals surface area contributed by atoms with E-state index in [1.54, 1.807) is 18.3 Å². The molecular formula is C19H17BFN3O2S. The lowest BCUT2D eigenvalue weighted by Gasteiger charge is -2.39. The number of pyridine rings is 1. The standard InChI is InChI=1S/C19H17BFN3O2S/c21-12-1-3-14(4-2-12)27-24-13-7-11(8-13)16-9-20(25)26-17-10-23-19-15(18(16)17)5-6-22-19/h1-6,9-11,13,24-25H,7-8H2,(H,22,23). The van der Waals surface area contributed by atoms with E-state index >= 15 is 0 Å². The maximum absolute atomic E-state index is 13.0. The molecule has 0 spiro atoms. The van der Waals surface area contributed by atoms with Crippen molar-refractivity contribution in [2.75, 3.05) is 0 Å². The molecule has 3 aromatic rings. The highest BCUT2D eigenvalue weighted by Crippen LogP contribution is 2.46. The van der Waals surface area contributed by atoms with Crippen LogP contribution in [0.15, 0.2) is 53.6 Å². The molecule has 8 heteroatoms. The molecule has 2 aromatic heterocycles. The molecule has 1 aliphatic carbocycles. The minimum Gasteiger partial charge on any atom is -0.531 e. The maximum Gasteiger partial charge on any atom is 0.552 e. The molecule has 5 nitrogen and oxygen atoms in total. The molecule has 5 rings (SSSR count). The maximum atomic E-state index is 13.0. The van der Waals surface area contributed by atoms with Gasteiger partial charge in [-0.25, -0.2) is 9.37 Å². The summed E-state index contributed by atoms with van der Waals surface area (Å²) < 4.78 is 22.0. The molecule has 0 radical (unpaired) electrons. The van der Waals surface area contributed by atoms with Crippen LogP contribution in [-0.2, 0) is 0 Å². The van der Waals surface area contributed by atoms with Crippen LogP contribution in [0.3, 0.4) is 0 Å². The highest BCUT2D eigenvalue weighted by Gasteiger charge is 2.37. The topological polar surface area (TPSA) is 70.2 Å². The van der Waals surface area contributed by atoms with Crippen LogP contribution in [0.2, 0.25) is 0 Å². The number of fused-ring (bicyclic) bond motifs is 3. The average Bonchev–Trinajstić information content (AvgIpc) is 3.10. The van der Waals surface area contributed by atoms with Crippen LogP contribution in [0.4, 0.5) is 4.39 Å². The summed E-state index contributed by atoms with van der Waals surface area (Å²) in [6.45, 7) is 0. The van der Waals surface area contributed by atoms with Gasteiger partial charge >= 0.3 is 7.12 Å². The summed E-state index contributed by atoms with van der Waals surface area (Å²) in [7, 11) is -0.939. The third-order valence-electron chi connectivity index (χ3n) is 5.15. The van der Waals surface area contributed by atoms with Crippen LogP contribution >= 0.6 is 11.9 Å². The van der Waals surface area contributed by atoms with Gasteiger partial charge in [-0.1, -0.05) is 0 Å². The lowest BCUT2D eigenvalue weighted by atomic mass is 9.68. The molecule has 0 unspecified atom stereocenters. The fraction of sp³-hybridized carbons (Fsp3) is 0.211. The molecule has 0 bridgehead atoms. The molecule has 1 aliphatic heterocycles. The monoisotopic (exact) mass is 381 g/mol. The van der Waals surface area contributed by atoms with Gasteiger partial charge in [-0.2, -0.15) is 0 Å². The lowest BCUT2D eigenvalue weighted by Crippen LogP contribution is -2.39. The molecule has 1 saturated carbocycles. The first-order valence-electron chi connectivity index (χ1n) is 8.88. The molecule has 1 fully saturated rings. The Morgan fingerprint density at radius 1 is 1.26 bits per heavy atom. The molecule has 27 heavy (non-hydrogen) atoms. The summed E-state index contributed by atoms with van der Waals surface area (Å²) in [6, 6.07) is 8.84. The summed E-state index contributed by atoms with van der Waals surface area (Å²) in [4.78, 5) is 8.47. The van der Waals surface area contributed by atoms with Crippen LogP contribution in [0.1, 0.15) is 18.4 Å². The van der Waals surface area contributed by atoms with Gasteiger partial charge in [0, 0.05) is 28.1 Å². The van der Waals surface area contributed by atoms with Gasteiger partial charge in [0.15, 0.2) is 0 Å². The van der Waals surface area contributed by atoms with Crippen LogP contribution in [0.25, 0.3) is 16.6 Å². The van der Waals surface area contributed by atoms with Crippen molar-refractivity contribution in [3.05, 3.63) is 60.1 Å². The fourth-order valence-electron chi connectivity index (χ4n) is 3.74. The summed E-state index contributed by atoms with van der Waals surface area (Å²) in [5.41, 5.74) is 2.97. The van der Waals surface area contributed by atoms with Gasteiger partial charge in [-0.3, -0.25) is 4.72 Å². The van der Waals surface area contributed by atoms with E-state index in [0.29, 0.717) is 17.7 Å². The van der Waals surface area contributed by atoms with E-state index in [-0.39, 0.29) is 5.82 Å². The normalized spacial score (nSPS) is 21.4. The first-order chi connectivity index (χ1) is 13.2. The van der Waals surface area contributed by atoms with Crippen LogP contribution < -0.4 is 9.38 Å². The number of nitrogens with one attached hydrogen (secondary N) is 2. The van der Waals surface area contributed by atoms with E-state index in [4.69, 9.17) is 4.65 Å². The van der Waals surface area contributed by atoms with E-state index in [1.165, 1.54) is 24.1 Å². The minimum atomic E-state index is -0.939. The average molecular weight is 381 g/mol. The lowest BCUT2D eigenvalue weighted by molar-refractivity contribution is 0.315. The van der Waals surface area contributed by atoms with Crippen molar-refractivity contribution < 1.29 is 14.1 Å². The van der Waals surface area contributed by atoms with Gasteiger partial charge < -0.3 is 14.7 Å². The number of nitrogens with zero attached hydrogens (tertiary/aromatic N) is 1. The Morgan fingerprint density at radius 3 is 2.89 bits per heavy atom. The van der Waals surface area contributed by atoms with E-state index in [2.05, 4.69) is 14.7 Å². The molecular weight excluding hydrogens is 364 g/mol. The van der Waals surface area contributed by atoms with Crippen LogP contribution in [-0.4, -0.2) is 28.2 Å². The minimum absolute atomic E-state index is 0.225. The first-order valence-corrected chi connectivity index (χ1v) is 9.70. The Kier molecular flexibility index (Phi) is 4.19. The van der Waals surface area contributed by atoms with Gasteiger partial charge in [-0.05, 0) is 72.6 Å². The zero-order valence-corrected chi connectivity index (χ0v) is 15.2. The molecule has 0 saturated heterocycles. The van der Waals surface area contributed by atoms with Crippen molar-refractivity contribution in [2.24, 2.45) is 5.92 Å². The van der Waals surface area contributed by atoms with E-state index in [1.807, 2.05) is 18.2 Å². The predicted octanol–water partition coefficient (Wildman–Crippen LogP) is 3.57. The van der Waals surface area contributed by atoms with Crippen molar-refractivity contribution in [2.45, 2.75) is 23.8 Å². The Bertz CT molecular complexity index is 1020. The molecule has 0 atom stereocenters. The van der Waals surface area contributed by atoms with Crippen LogP contribution in [0, 0.1) is 11.7 Å². The van der Waals surface area contributed by atoms with Crippen LogP contribution in [0.5, 0.6) is 5.75 Å². The quantitative estimate of drug-likeness (QED) is 0.476. The molecule has 2 aliphatic rings. The fourth-order valence-corrected chi connectivity index (χ4v) is 4.51. The number of hydrogen-bond donors (Lipinski definition) is 3. The van der Waals surface area contributed by atoms with Crippen molar-refractivity contribution >= 4 is 35.7 Å². The molecule has 1 aromatic carbocycles. The summed E-state index contributed by atoms with van der Waals surface area (Å²) >= 11 is 1.53. The Balaban J connectivity index is 1.30. The largest absolute Gasteiger partial charge is 0.552 e. The highest BCUT2D eigenvalue weighted by molar-refractivity contribution is 7.97. The number of benzene rings is 1. The van der Waals surface area contributed by atoms with Crippen molar-refractivity contribution in [3.8, 4) is 5.75 Å². The second-order valence-electron chi connectivity index (χ2n) is 6.91. The second-order valence-corrected chi connectivity index (χ2v) is 7.82. The van der Waals surface area contributed by atoms with Gasteiger partial charge in [0.2, 0.25) is 0 Å². The number of H-pyrrole nitrogens is 1. The van der Waals surface area contributed by atoms with Gasteiger partial charge in [-0.15, -0.1) is 0 Å². The highest BCUT2D eigenvalue weighted by atomic mass is 32.2. The third kappa shape index (κ3) is 3.14. The van der Waals surface area contributed by atoms with E-state index in [0.717, 1.165) is 39.9 Å². The number of rotatable bonds is 4.